The number of ether oxygens (including phenoxy) is 3. The lowest BCUT2D eigenvalue weighted by Crippen LogP contribution is -2.61. The molecule has 6 N–H and O–H groups in total. The van der Waals surface area contributed by atoms with Crippen molar-refractivity contribution >= 4 is 11.9 Å². The van der Waals surface area contributed by atoms with E-state index in [2.05, 4.69) is 68.6 Å². The van der Waals surface area contributed by atoms with E-state index < -0.39 is 67.4 Å². The largest absolute Gasteiger partial charge is 0.454 e. The van der Waals surface area contributed by atoms with Gasteiger partial charge in [0.15, 0.2) is 12.4 Å². The molecule has 1 rings (SSSR count). The predicted octanol–water partition coefficient (Wildman–Crippen LogP) is 15.1. The van der Waals surface area contributed by atoms with Gasteiger partial charge in [0.2, 0.25) is 5.91 Å². The van der Waals surface area contributed by atoms with E-state index in [-0.39, 0.29) is 19.4 Å². The Labute approximate surface area is 480 Å². The Balaban J connectivity index is 2.72. The highest BCUT2D eigenvalue weighted by Crippen LogP contribution is 2.26. The smallest absolute Gasteiger partial charge is 0.306 e. The first kappa shape index (κ1) is 73.1. The SMILES string of the molecule is CC\C=C/C=C/C=C/C=C\C=C\C=C\CCCCC(O)C(=O)NC(COC1OC(CO)C(O)C(O)C1OC(=O)CCCCCCCCCC/C=C\C/C=C\C/C=C\CCCCC)C(O)/C=C/CCCCCCCCCCCCC. The fourth-order valence-electron chi connectivity index (χ4n) is 9.04. The molecule has 11 nitrogen and oxygen atoms in total. The molecule has 11 heteroatoms. The first-order chi connectivity index (χ1) is 38.7. The second-order valence-corrected chi connectivity index (χ2v) is 21.2. The van der Waals surface area contributed by atoms with Gasteiger partial charge in [-0.1, -0.05) is 264 Å². The molecular weight excluding hydrogens is 991 g/mol. The van der Waals surface area contributed by atoms with Crippen LogP contribution in [0.3, 0.4) is 0 Å². The summed E-state index contributed by atoms with van der Waals surface area (Å²) in [4.78, 5) is 26.6. The van der Waals surface area contributed by atoms with Gasteiger partial charge in [0.05, 0.1) is 25.4 Å². The molecule has 0 saturated carbocycles. The Hall–Kier alpha value is -3.94. The molecule has 0 spiro atoms. The molecule has 1 heterocycles. The van der Waals surface area contributed by atoms with Gasteiger partial charge in [0, 0.05) is 6.42 Å². The van der Waals surface area contributed by atoms with Crippen LogP contribution in [-0.2, 0) is 23.8 Å². The van der Waals surface area contributed by atoms with Crippen LogP contribution in [0.1, 0.15) is 233 Å². The molecule has 1 saturated heterocycles. The Kier molecular flexibility index (Phi) is 50.5. The molecule has 0 radical (unpaired) electrons. The van der Waals surface area contributed by atoms with Crippen molar-refractivity contribution in [3.8, 4) is 0 Å². The number of hydrogen-bond donors (Lipinski definition) is 6. The Morgan fingerprint density at radius 3 is 1.51 bits per heavy atom. The molecule has 1 fully saturated rings. The molecule has 1 aliphatic heterocycles. The van der Waals surface area contributed by atoms with Crippen molar-refractivity contribution in [2.45, 2.75) is 282 Å². The number of amides is 1. The summed E-state index contributed by atoms with van der Waals surface area (Å²) in [5.41, 5.74) is 0. The van der Waals surface area contributed by atoms with E-state index in [0.717, 1.165) is 89.9 Å². The summed E-state index contributed by atoms with van der Waals surface area (Å²) in [5, 5.41) is 57.0. The Morgan fingerprint density at radius 1 is 0.519 bits per heavy atom. The molecule has 0 aliphatic carbocycles. The third-order valence-electron chi connectivity index (χ3n) is 14.0. The average Bonchev–Trinajstić information content (AvgIpc) is 3.49. The minimum atomic E-state index is -1.63. The fraction of sp³-hybridized carbons (Fsp3) is 0.676. The second-order valence-electron chi connectivity index (χ2n) is 21.2. The highest BCUT2D eigenvalue weighted by atomic mass is 16.7. The molecule has 8 atom stereocenters. The minimum absolute atomic E-state index is 0.102. The summed E-state index contributed by atoms with van der Waals surface area (Å²) in [7, 11) is 0. The van der Waals surface area contributed by atoms with E-state index in [9.17, 15) is 35.1 Å². The molecule has 1 amide bonds. The number of allylic oxidation sites excluding steroid dienone is 19. The lowest BCUT2D eigenvalue weighted by Gasteiger charge is -2.41. The highest BCUT2D eigenvalue weighted by Gasteiger charge is 2.47. The number of nitrogens with one attached hydrogen (secondary N) is 1. The molecule has 0 aromatic carbocycles. The maximum atomic E-state index is 13.4. The number of hydrogen-bond acceptors (Lipinski definition) is 10. The topological polar surface area (TPSA) is 175 Å². The second kappa shape index (κ2) is 54.6. The number of esters is 1. The van der Waals surface area contributed by atoms with Gasteiger partial charge in [-0.2, -0.15) is 0 Å². The van der Waals surface area contributed by atoms with E-state index >= 15 is 0 Å². The van der Waals surface area contributed by atoms with Crippen LogP contribution in [0.5, 0.6) is 0 Å². The van der Waals surface area contributed by atoms with Crippen LogP contribution in [0.25, 0.3) is 0 Å². The Morgan fingerprint density at radius 2 is 0.962 bits per heavy atom. The normalized spacial score (nSPS) is 19.7. The van der Waals surface area contributed by atoms with Gasteiger partial charge in [0.25, 0.3) is 0 Å². The van der Waals surface area contributed by atoms with Gasteiger partial charge in [-0.05, 0) is 83.5 Å². The van der Waals surface area contributed by atoms with Crippen molar-refractivity contribution in [1.29, 1.82) is 0 Å². The predicted molar refractivity (Wildman–Crippen MR) is 328 cm³/mol. The van der Waals surface area contributed by atoms with Gasteiger partial charge in [-0.25, -0.2) is 0 Å². The molecule has 0 aromatic rings. The maximum Gasteiger partial charge on any atom is 0.306 e. The van der Waals surface area contributed by atoms with E-state index in [1.807, 2.05) is 72.9 Å². The van der Waals surface area contributed by atoms with E-state index in [4.69, 9.17) is 14.2 Å². The number of aliphatic hydroxyl groups is 5. The molecular formula is C68H113NO10. The van der Waals surface area contributed by atoms with Gasteiger partial charge in [0.1, 0.15) is 24.4 Å². The van der Waals surface area contributed by atoms with Crippen LogP contribution >= 0.6 is 0 Å². The van der Waals surface area contributed by atoms with Crippen LogP contribution in [0, 0.1) is 0 Å². The maximum absolute atomic E-state index is 13.4. The zero-order chi connectivity index (χ0) is 57.5. The molecule has 79 heavy (non-hydrogen) atoms. The average molecular weight is 1100 g/mol. The lowest BCUT2D eigenvalue weighted by atomic mass is 9.99. The van der Waals surface area contributed by atoms with Crippen molar-refractivity contribution in [3.63, 3.8) is 0 Å². The molecule has 0 aromatic heterocycles. The van der Waals surface area contributed by atoms with E-state index in [1.54, 1.807) is 6.08 Å². The highest BCUT2D eigenvalue weighted by molar-refractivity contribution is 5.80. The summed E-state index contributed by atoms with van der Waals surface area (Å²) >= 11 is 0. The summed E-state index contributed by atoms with van der Waals surface area (Å²) in [6.45, 7) is 5.58. The summed E-state index contributed by atoms with van der Waals surface area (Å²) in [6.07, 6.45) is 65.1. The van der Waals surface area contributed by atoms with Crippen LogP contribution in [0.15, 0.2) is 122 Å². The fourth-order valence-corrected chi connectivity index (χ4v) is 9.04. The quantitative estimate of drug-likeness (QED) is 0.0149. The van der Waals surface area contributed by atoms with Gasteiger partial charge >= 0.3 is 5.97 Å². The van der Waals surface area contributed by atoms with E-state index in [0.29, 0.717) is 12.8 Å². The van der Waals surface area contributed by atoms with Crippen LogP contribution in [0.4, 0.5) is 0 Å². The number of aliphatic hydroxyl groups excluding tert-OH is 5. The third-order valence-corrected chi connectivity index (χ3v) is 14.0. The molecule has 450 valence electrons. The first-order valence-electron chi connectivity index (χ1n) is 31.4. The van der Waals surface area contributed by atoms with Crippen molar-refractivity contribution < 1.29 is 49.3 Å². The van der Waals surface area contributed by atoms with Crippen molar-refractivity contribution in [1.82, 2.24) is 5.32 Å². The number of unbranched alkanes of at least 4 members (excludes halogenated alkanes) is 24. The molecule has 0 bridgehead atoms. The standard InChI is InChI=1S/C68H113NO10/c1-4-7-10-13-16-19-22-25-27-29-30-31-32-33-35-38-41-44-47-50-53-56-63(73)79-66-65(75)64(74)62(57-70)78-68(66)77-58-59(60(71)54-51-48-45-42-39-36-24-21-18-15-12-9-6-3)69-67(76)61(72)55-52-49-46-43-40-37-34-28-26-23-20-17-14-11-8-5-2/h8,11,14,16-17,19-20,23,25-28,30-31,34,37,40,43,51,54,59-62,64-66,68,70-72,74-75H,4-7,9-10,12-13,15,18,21-22,24,29,32-33,35-36,38-39,41-42,44-50,52-53,55-58H2,1-3H3,(H,69,76)/b11-8-,17-14+,19-16-,23-20+,27-25-,28-26-,31-30-,37-34+,43-40+,54-51+. The molecule has 1 aliphatic rings. The summed E-state index contributed by atoms with van der Waals surface area (Å²) in [5.74, 6) is -1.26. The minimum Gasteiger partial charge on any atom is -0.454 e. The van der Waals surface area contributed by atoms with E-state index in [1.165, 1.54) is 96.3 Å². The van der Waals surface area contributed by atoms with Crippen molar-refractivity contribution in [2.75, 3.05) is 13.2 Å². The van der Waals surface area contributed by atoms with Gasteiger partial charge in [-0.15, -0.1) is 0 Å². The van der Waals surface area contributed by atoms with Crippen LogP contribution in [0.2, 0.25) is 0 Å². The summed E-state index contributed by atoms with van der Waals surface area (Å²) in [6, 6.07) is -1.06. The van der Waals surface area contributed by atoms with Crippen molar-refractivity contribution in [2.24, 2.45) is 0 Å². The number of rotatable bonds is 51. The first-order valence-corrected chi connectivity index (χ1v) is 31.4. The monoisotopic (exact) mass is 1100 g/mol. The zero-order valence-corrected chi connectivity index (χ0v) is 49.7. The summed E-state index contributed by atoms with van der Waals surface area (Å²) < 4.78 is 17.6. The lowest BCUT2D eigenvalue weighted by molar-refractivity contribution is -0.305. The zero-order valence-electron chi connectivity index (χ0n) is 49.7. The van der Waals surface area contributed by atoms with Crippen LogP contribution in [-0.4, -0.2) is 99.6 Å². The Bertz CT molecular complexity index is 1740. The van der Waals surface area contributed by atoms with Crippen LogP contribution < -0.4 is 5.32 Å². The van der Waals surface area contributed by atoms with Gasteiger partial charge in [-0.3, -0.25) is 9.59 Å². The number of carbonyl (C=O) groups excluding carboxylic acids is 2. The van der Waals surface area contributed by atoms with Gasteiger partial charge < -0.3 is 45.1 Å². The molecule has 8 unspecified atom stereocenters. The third kappa shape index (κ3) is 42.6. The van der Waals surface area contributed by atoms with Crippen molar-refractivity contribution in [3.05, 3.63) is 122 Å². The number of carbonyl (C=O) groups is 2.